The Hall–Kier alpha value is -3.65. The van der Waals surface area contributed by atoms with Gasteiger partial charge in [-0.1, -0.05) is 18.5 Å². The van der Waals surface area contributed by atoms with Crippen LogP contribution in [0.15, 0.2) is 18.3 Å². The molecule has 214 valence electrons. The quantitative estimate of drug-likeness (QED) is 0.414. The lowest BCUT2D eigenvalue weighted by molar-refractivity contribution is 0.148. The average Bonchev–Trinajstić information content (AvgIpc) is 3.69. The highest BCUT2D eigenvalue weighted by Gasteiger charge is 2.34. The summed E-state index contributed by atoms with van der Waals surface area (Å²) in [5, 5.41) is 30.7. The van der Waals surface area contributed by atoms with Gasteiger partial charge in [0.15, 0.2) is 5.65 Å². The van der Waals surface area contributed by atoms with Crippen molar-refractivity contribution in [2.45, 2.75) is 57.2 Å². The zero-order chi connectivity index (χ0) is 28.7. The summed E-state index contributed by atoms with van der Waals surface area (Å²) in [4.78, 5) is 13.8. The molecule has 6 rings (SSSR count). The summed E-state index contributed by atoms with van der Waals surface area (Å²) < 4.78 is 25.4. The molecule has 4 heterocycles. The van der Waals surface area contributed by atoms with Crippen LogP contribution in [0.3, 0.4) is 0 Å². The first-order chi connectivity index (χ1) is 19.8. The Morgan fingerprint density at radius 2 is 1.88 bits per heavy atom. The number of anilines is 4. The van der Waals surface area contributed by atoms with Gasteiger partial charge >= 0.3 is 0 Å². The van der Waals surface area contributed by atoms with Gasteiger partial charge in [-0.25, -0.2) is 8.42 Å². The number of sulfone groups is 1. The van der Waals surface area contributed by atoms with E-state index in [2.05, 4.69) is 54.6 Å². The third-order valence-corrected chi connectivity index (χ3v) is 10.3. The van der Waals surface area contributed by atoms with Gasteiger partial charge in [-0.3, -0.25) is 4.90 Å². The van der Waals surface area contributed by atoms with Crippen molar-refractivity contribution in [3.63, 3.8) is 0 Å². The van der Waals surface area contributed by atoms with E-state index in [-0.39, 0.29) is 29.5 Å². The van der Waals surface area contributed by atoms with Crippen LogP contribution < -0.4 is 15.5 Å². The maximum atomic E-state index is 11.9. The first-order valence-corrected chi connectivity index (χ1v) is 16.1. The van der Waals surface area contributed by atoms with Crippen molar-refractivity contribution in [2.24, 2.45) is 0 Å². The fourth-order valence-corrected chi connectivity index (χ4v) is 7.46. The Labute approximate surface area is 243 Å². The SMILES string of the molecule is CC[C@H]1CN(C2CCS(=O)(=O)CC2)CCN1c1cc(C#N)cc(Nc2nc(NC3CC3)n3ncc(C#N)c3n2)c1Cl. The predicted molar refractivity (Wildman–Crippen MR) is 156 cm³/mol. The van der Waals surface area contributed by atoms with Gasteiger partial charge in [0, 0.05) is 37.8 Å². The Balaban J connectivity index is 1.29. The molecule has 0 bridgehead atoms. The van der Waals surface area contributed by atoms with Gasteiger partial charge < -0.3 is 15.5 Å². The van der Waals surface area contributed by atoms with Crippen LogP contribution in [0.25, 0.3) is 5.65 Å². The monoisotopic (exact) mass is 594 g/mol. The molecule has 0 amide bonds. The highest BCUT2D eigenvalue weighted by Crippen LogP contribution is 2.38. The van der Waals surface area contributed by atoms with Gasteiger partial charge in [-0.05, 0) is 44.2 Å². The van der Waals surface area contributed by atoms with Crippen LogP contribution in [-0.4, -0.2) is 82.2 Å². The van der Waals surface area contributed by atoms with E-state index in [0.717, 1.165) is 38.0 Å². The highest BCUT2D eigenvalue weighted by molar-refractivity contribution is 7.91. The second-order valence-electron chi connectivity index (χ2n) is 10.9. The molecule has 1 aliphatic carbocycles. The molecule has 3 fully saturated rings. The van der Waals surface area contributed by atoms with E-state index in [1.54, 1.807) is 6.07 Å². The van der Waals surface area contributed by atoms with Gasteiger partial charge in [0.2, 0.25) is 11.9 Å². The molecule has 3 aromatic rings. The van der Waals surface area contributed by atoms with E-state index in [4.69, 9.17) is 11.6 Å². The number of halogens is 1. The van der Waals surface area contributed by atoms with Crippen molar-refractivity contribution >= 4 is 50.4 Å². The number of hydrogen-bond donors (Lipinski definition) is 2. The number of benzene rings is 1. The minimum Gasteiger partial charge on any atom is -0.365 e. The van der Waals surface area contributed by atoms with Gasteiger partial charge in [-0.2, -0.15) is 30.1 Å². The summed E-state index contributed by atoms with van der Waals surface area (Å²) in [5.74, 6) is 1.22. The first-order valence-electron chi connectivity index (χ1n) is 13.9. The predicted octanol–water partition coefficient (Wildman–Crippen LogP) is 3.32. The number of rotatable bonds is 7. The van der Waals surface area contributed by atoms with Gasteiger partial charge in [0.1, 0.15) is 21.5 Å². The van der Waals surface area contributed by atoms with E-state index in [0.29, 0.717) is 58.9 Å². The largest absolute Gasteiger partial charge is 0.365 e. The number of fused-ring (bicyclic) bond motifs is 1. The average molecular weight is 595 g/mol. The molecule has 2 N–H and O–H groups in total. The molecule has 2 aromatic heterocycles. The zero-order valence-corrected chi connectivity index (χ0v) is 24.3. The minimum absolute atomic E-state index is 0.147. The maximum absolute atomic E-state index is 11.9. The Morgan fingerprint density at radius 1 is 1.10 bits per heavy atom. The number of piperazine rings is 1. The summed E-state index contributed by atoms with van der Waals surface area (Å²) in [5.41, 5.74) is 2.39. The summed E-state index contributed by atoms with van der Waals surface area (Å²) in [6.45, 7) is 4.41. The molecule has 0 radical (unpaired) electrons. The molecule has 41 heavy (non-hydrogen) atoms. The topological polar surface area (TPSA) is 155 Å². The van der Waals surface area contributed by atoms with Crippen LogP contribution >= 0.6 is 11.6 Å². The van der Waals surface area contributed by atoms with E-state index in [9.17, 15) is 18.9 Å². The van der Waals surface area contributed by atoms with Crippen LogP contribution in [0.1, 0.15) is 50.2 Å². The minimum atomic E-state index is -2.92. The summed E-state index contributed by atoms with van der Waals surface area (Å²) in [6, 6.07) is 8.57. The fourth-order valence-electron chi connectivity index (χ4n) is 5.73. The Morgan fingerprint density at radius 3 is 2.56 bits per heavy atom. The van der Waals surface area contributed by atoms with Crippen LogP contribution in [0.4, 0.5) is 23.3 Å². The Bertz CT molecular complexity index is 1660. The molecule has 12 nitrogen and oxygen atoms in total. The van der Waals surface area contributed by atoms with Crippen molar-refractivity contribution < 1.29 is 8.42 Å². The first kappa shape index (κ1) is 27.5. The van der Waals surface area contributed by atoms with E-state index in [1.807, 2.05) is 6.07 Å². The number of nitrogens with one attached hydrogen (secondary N) is 2. The molecule has 1 aromatic carbocycles. The molecule has 3 aliphatic rings. The molecular formula is C27H31ClN10O2S. The van der Waals surface area contributed by atoms with E-state index in [1.165, 1.54) is 10.7 Å². The number of nitrogens with zero attached hydrogens (tertiary/aromatic N) is 8. The number of aromatic nitrogens is 4. The molecular weight excluding hydrogens is 564 g/mol. The van der Waals surface area contributed by atoms with Crippen molar-refractivity contribution in [1.29, 1.82) is 10.5 Å². The third-order valence-electron chi connectivity index (χ3n) is 8.16. The van der Waals surface area contributed by atoms with Crippen molar-refractivity contribution in [3.05, 3.63) is 34.5 Å². The lowest BCUT2D eigenvalue weighted by Gasteiger charge is -2.46. The number of hydrogen-bond acceptors (Lipinski definition) is 11. The summed E-state index contributed by atoms with van der Waals surface area (Å²) in [7, 11) is -2.92. The summed E-state index contributed by atoms with van der Waals surface area (Å²) in [6.07, 6.45) is 5.74. The van der Waals surface area contributed by atoms with E-state index >= 15 is 0 Å². The highest BCUT2D eigenvalue weighted by atomic mass is 35.5. The molecule has 2 saturated heterocycles. The second kappa shape index (κ2) is 11.0. The zero-order valence-electron chi connectivity index (χ0n) is 22.7. The fraction of sp³-hybridized carbons (Fsp3) is 0.519. The molecule has 1 saturated carbocycles. The number of nitriles is 2. The molecule has 0 unspecified atom stereocenters. The van der Waals surface area contributed by atoms with Gasteiger partial charge in [0.05, 0.1) is 45.7 Å². The second-order valence-corrected chi connectivity index (χ2v) is 13.6. The van der Waals surface area contributed by atoms with Gasteiger partial charge in [0.25, 0.3) is 0 Å². The normalized spacial score (nSPS) is 21.4. The van der Waals surface area contributed by atoms with Crippen LogP contribution in [0, 0.1) is 22.7 Å². The van der Waals surface area contributed by atoms with Crippen LogP contribution in [-0.2, 0) is 9.84 Å². The van der Waals surface area contributed by atoms with Crippen molar-refractivity contribution in [3.8, 4) is 12.1 Å². The Kier molecular flexibility index (Phi) is 7.36. The third kappa shape index (κ3) is 5.62. The summed E-state index contributed by atoms with van der Waals surface area (Å²) >= 11 is 7.01. The molecule has 0 spiro atoms. The standard InChI is InChI=1S/C27H31ClN10O2S/c1-2-20-16-36(21-5-9-41(39,40)10-6-21)7-8-37(20)23-12-17(13-29)11-22(24(23)28)33-26-34-25-18(14-30)15-31-38(25)27(35-26)32-19-3-4-19/h11-12,15,19-21H,2-10,16H2,1H3,(H2,32,33,34,35)/t20-/m0/s1. The van der Waals surface area contributed by atoms with Crippen molar-refractivity contribution in [2.75, 3.05) is 46.7 Å². The molecule has 14 heteroatoms. The maximum Gasteiger partial charge on any atom is 0.232 e. The van der Waals surface area contributed by atoms with Crippen LogP contribution in [0.2, 0.25) is 5.02 Å². The van der Waals surface area contributed by atoms with Crippen LogP contribution in [0.5, 0.6) is 0 Å². The smallest absolute Gasteiger partial charge is 0.232 e. The molecule has 1 atom stereocenters. The van der Waals surface area contributed by atoms with Gasteiger partial charge in [-0.15, -0.1) is 0 Å². The lowest BCUT2D eigenvalue weighted by Crippen LogP contribution is -2.57. The van der Waals surface area contributed by atoms with Crippen molar-refractivity contribution in [1.82, 2.24) is 24.5 Å². The molecule has 2 aliphatic heterocycles. The van der Waals surface area contributed by atoms with E-state index < -0.39 is 9.84 Å². The lowest BCUT2D eigenvalue weighted by atomic mass is 10.0.